The van der Waals surface area contributed by atoms with Gasteiger partial charge in [-0.1, -0.05) is 99.6 Å². The zero-order valence-electron chi connectivity index (χ0n) is 24.6. The zero-order valence-corrected chi connectivity index (χ0v) is 24.6. The first kappa shape index (κ1) is 30.8. The average Bonchev–Trinajstić information content (AvgIpc) is 3.29. The van der Waals surface area contributed by atoms with Crippen molar-refractivity contribution in [1.29, 1.82) is 0 Å². The van der Waals surface area contributed by atoms with Gasteiger partial charge < -0.3 is 25.2 Å². The number of carbonyl (C=O) groups is 3. The van der Waals surface area contributed by atoms with Crippen LogP contribution in [0.2, 0.25) is 0 Å². The Hall–Kier alpha value is -4.17. The lowest BCUT2D eigenvalue weighted by Gasteiger charge is -2.28. The molecule has 3 N–H and O–H groups in total. The van der Waals surface area contributed by atoms with E-state index in [0.717, 1.165) is 27.8 Å². The highest BCUT2D eigenvalue weighted by molar-refractivity contribution is 5.86. The van der Waals surface area contributed by atoms with Crippen LogP contribution >= 0.6 is 0 Å². The van der Waals surface area contributed by atoms with Crippen LogP contribution in [0.1, 0.15) is 56.7 Å². The van der Waals surface area contributed by atoms with Crippen molar-refractivity contribution in [2.24, 2.45) is 11.3 Å². The van der Waals surface area contributed by atoms with Crippen LogP contribution < -0.4 is 10.6 Å². The fourth-order valence-corrected chi connectivity index (χ4v) is 5.40. The molecule has 42 heavy (non-hydrogen) atoms. The fraction of sp³-hybridized carbons (Fsp3) is 0.382. The third-order valence-corrected chi connectivity index (χ3v) is 7.45. The highest BCUT2D eigenvalue weighted by Gasteiger charge is 2.33. The van der Waals surface area contributed by atoms with Crippen LogP contribution in [0.4, 0.5) is 4.79 Å². The molecule has 1 aliphatic rings. The second kappa shape index (κ2) is 13.7. The number of hydrogen-bond donors (Lipinski definition) is 3. The van der Waals surface area contributed by atoms with E-state index in [0.29, 0.717) is 6.42 Å². The second-order valence-electron chi connectivity index (χ2n) is 12.0. The van der Waals surface area contributed by atoms with Crippen molar-refractivity contribution in [1.82, 2.24) is 10.6 Å². The minimum atomic E-state index is -1.25. The van der Waals surface area contributed by atoms with E-state index in [1.807, 2.05) is 87.5 Å². The molecule has 0 fully saturated rings. The number of fused-ring (bicyclic) bond motifs is 3. The number of aliphatic carboxylic acids is 1. The predicted molar refractivity (Wildman–Crippen MR) is 161 cm³/mol. The van der Waals surface area contributed by atoms with E-state index in [1.54, 1.807) is 6.92 Å². The summed E-state index contributed by atoms with van der Waals surface area (Å²) in [5.41, 5.74) is 5.15. The lowest BCUT2D eigenvalue weighted by Crippen LogP contribution is -2.52. The summed E-state index contributed by atoms with van der Waals surface area (Å²) in [6.45, 7) is 7.97. The standard InChI is InChI=1S/C34H40N2O6/c1-22(41-20-23-12-6-5-7-13-23)30(32(38)39)36-31(37)24(18-34(2,3)4)19-35-33(40)42-21-29-27-16-10-8-14-25(27)26-15-9-11-17-28(26)29/h5-17,22,24,29-30H,18-21H2,1-4H3,(H,35,40)(H,36,37)(H,38,39)/t22-,24?,30+/m0/s1. The maximum Gasteiger partial charge on any atom is 0.407 e. The SMILES string of the molecule is C[C@H](OCc1ccccc1)[C@@H](NC(=O)C(CNC(=O)OCC1c2ccccc2-c2ccccc21)CC(C)(C)C)C(=O)O. The van der Waals surface area contributed by atoms with Crippen molar-refractivity contribution < 1.29 is 29.0 Å². The molecule has 0 heterocycles. The normalized spacial score (nSPS) is 14.7. The number of amides is 2. The van der Waals surface area contributed by atoms with Gasteiger partial charge in [-0.2, -0.15) is 0 Å². The number of benzene rings is 3. The van der Waals surface area contributed by atoms with Gasteiger partial charge in [-0.15, -0.1) is 0 Å². The number of alkyl carbamates (subject to hydrolysis) is 1. The van der Waals surface area contributed by atoms with Gasteiger partial charge in [0.2, 0.25) is 5.91 Å². The summed E-state index contributed by atoms with van der Waals surface area (Å²) in [6.07, 6.45) is -0.983. The molecule has 1 unspecified atom stereocenters. The summed E-state index contributed by atoms with van der Waals surface area (Å²) in [7, 11) is 0. The molecule has 222 valence electrons. The molecule has 3 aromatic rings. The lowest BCUT2D eigenvalue weighted by molar-refractivity contribution is -0.147. The van der Waals surface area contributed by atoms with Gasteiger partial charge in [0.25, 0.3) is 0 Å². The molecule has 0 saturated heterocycles. The number of ether oxygens (including phenoxy) is 2. The molecule has 3 atom stereocenters. The Labute approximate surface area is 247 Å². The van der Waals surface area contributed by atoms with Gasteiger partial charge in [-0.25, -0.2) is 9.59 Å². The molecule has 4 rings (SSSR count). The summed E-state index contributed by atoms with van der Waals surface area (Å²) in [6, 6.07) is 24.3. The highest BCUT2D eigenvalue weighted by Crippen LogP contribution is 2.44. The third-order valence-electron chi connectivity index (χ3n) is 7.45. The minimum absolute atomic E-state index is 0.00533. The van der Waals surface area contributed by atoms with E-state index in [9.17, 15) is 19.5 Å². The number of carbonyl (C=O) groups excluding carboxylic acids is 2. The topological polar surface area (TPSA) is 114 Å². The molecular weight excluding hydrogens is 532 g/mol. The third kappa shape index (κ3) is 7.97. The molecule has 0 spiro atoms. The molecular formula is C34H40N2O6. The highest BCUT2D eigenvalue weighted by atomic mass is 16.5. The largest absolute Gasteiger partial charge is 0.480 e. The Balaban J connectivity index is 1.35. The quantitative estimate of drug-likeness (QED) is 0.255. The van der Waals surface area contributed by atoms with Crippen LogP contribution in [0, 0.1) is 11.3 Å². The molecule has 8 nitrogen and oxygen atoms in total. The first-order valence-corrected chi connectivity index (χ1v) is 14.3. The average molecular weight is 573 g/mol. The van der Waals surface area contributed by atoms with Crippen molar-refractivity contribution in [3.63, 3.8) is 0 Å². The van der Waals surface area contributed by atoms with E-state index >= 15 is 0 Å². The Morgan fingerprint density at radius 1 is 0.881 bits per heavy atom. The van der Waals surface area contributed by atoms with E-state index in [2.05, 4.69) is 22.8 Å². The number of rotatable bonds is 12. The van der Waals surface area contributed by atoms with Gasteiger partial charge in [0.05, 0.1) is 18.6 Å². The molecule has 2 amide bonds. The Morgan fingerprint density at radius 3 is 2.02 bits per heavy atom. The Morgan fingerprint density at radius 2 is 1.45 bits per heavy atom. The van der Waals surface area contributed by atoms with Crippen LogP contribution in [0.15, 0.2) is 78.9 Å². The second-order valence-corrected chi connectivity index (χ2v) is 12.0. The Kier molecular flexibility index (Phi) is 10.0. The van der Waals surface area contributed by atoms with Crippen molar-refractivity contribution in [2.45, 2.75) is 58.8 Å². The first-order chi connectivity index (χ1) is 20.0. The number of carboxylic acids is 1. The predicted octanol–water partition coefficient (Wildman–Crippen LogP) is 5.75. The fourth-order valence-electron chi connectivity index (χ4n) is 5.40. The van der Waals surface area contributed by atoms with Crippen molar-refractivity contribution in [3.8, 4) is 11.1 Å². The molecule has 0 aromatic heterocycles. The maximum absolute atomic E-state index is 13.3. The molecule has 0 saturated carbocycles. The Bertz CT molecular complexity index is 1340. The van der Waals surface area contributed by atoms with Crippen molar-refractivity contribution in [3.05, 3.63) is 95.6 Å². The lowest BCUT2D eigenvalue weighted by atomic mass is 9.84. The van der Waals surface area contributed by atoms with Crippen LogP contribution in [0.25, 0.3) is 11.1 Å². The maximum atomic E-state index is 13.3. The van der Waals surface area contributed by atoms with Crippen LogP contribution in [-0.4, -0.2) is 48.4 Å². The molecule has 8 heteroatoms. The van der Waals surface area contributed by atoms with Gasteiger partial charge in [-0.05, 0) is 46.6 Å². The zero-order chi connectivity index (χ0) is 30.3. The minimum Gasteiger partial charge on any atom is -0.480 e. The number of nitrogens with one attached hydrogen (secondary N) is 2. The van der Waals surface area contributed by atoms with E-state index in [-0.39, 0.29) is 31.1 Å². The molecule has 0 bridgehead atoms. The van der Waals surface area contributed by atoms with Gasteiger partial charge in [0.1, 0.15) is 6.61 Å². The number of hydrogen-bond acceptors (Lipinski definition) is 5. The van der Waals surface area contributed by atoms with Crippen LogP contribution in [-0.2, 0) is 25.7 Å². The summed E-state index contributed by atoms with van der Waals surface area (Å²) >= 11 is 0. The smallest absolute Gasteiger partial charge is 0.407 e. The van der Waals surface area contributed by atoms with Gasteiger partial charge >= 0.3 is 12.1 Å². The molecule has 0 aliphatic heterocycles. The van der Waals surface area contributed by atoms with Gasteiger partial charge in [0, 0.05) is 12.5 Å². The van der Waals surface area contributed by atoms with E-state index in [4.69, 9.17) is 9.47 Å². The molecule has 3 aromatic carbocycles. The van der Waals surface area contributed by atoms with E-state index in [1.165, 1.54) is 0 Å². The molecule has 1 aliphatic carbocycles. The summed E-state index contributed by atoms with van der Waals surface area (Å²) in [4.78, 5) is 38.2. The van der Waals surface area contributed by atoms with Crippen LogP contribution in [0.3, 0.4) is 0 Å². The number of carboxylic acid groups (broad SMARTS) is 1. The van der Waals surface area contributed by atoms with Crippen molar-refractivity contribution >= 4 is 18.0 Å². The van der Waals surface area contributed by atoms with E-state index < -0.39 is 36.0 Å². The summed E-state index contributed by atoms with van der Waals surface area (Å²) < 4.78 is 11.4. The molecule has 0 radical (unpaired) electrons. The van der Waals surface area contributed by atoms with Gasteiger partial charge in [0.15, 0.2) is 6.04 Å². The first-order valence-electron chi connectivity index (χ1n) is 14.3. The summed E-state index contributed by atoms with van der Waals surface area (Å²) in [5.74, 6) is -2.41. The van der Waals surface area contributed by atoms with Crippen LogP contribution in [0.5, 0.6) is 0 Å². The monoisotopic (exact) mass is 572 g/mol. The van der Waals surface area contributed by atoms with Crippen molar-refractivity contribution in [2.75, 3.05) is 13.2 Å². The van der Waals surface area contributed by atoms with Gasteiger partial charge in [-0.3, -0.25) is 4.79 Å². The summed E-state index contributed by atoms with van der Waals surface area (Å²) in [5, 5.41) is 15.2.